The number of furan rings is 1. The molecule has 1 radical (unpaired) electrons. The second-order valence-corrected chi connectivity index (χ2v) is 11.4. The maximum atomic E-state index is 9.27. The van der Waals surface area contributed by atoms with Crippen molar-refractivity contribution >= 4 is 32.7 Å². The topological polar surface area (TPSA) is 62.7 Å². The molecular formula is C40H33IrN3O-2. The molecule has 0 unspecified atom stereocenters. The van der Waals surface area contributed by atoms with Gasteiger partial charge in [0, 0.05) is 54.5 Å². The summed E-state index contributed by atoms with van der Waals surface area (Å²) in [7, 11) is 0. The Bertz CT molecular complexity index is 2460. The summed E-state index contributed by atoms with van der Waals surface area (Å²) in [6.45, 7) is 0.418. The van der Waals surface area contributed by atoms with Crippen molar-refractivity contribution in [3.8, 4) is 28.6 Å². The van der Waals surface area contributed by atoms with Crippen LogP contribution in [-0.2, 0) is 26.5 Å². The van der Waals surface area contributed by atoms with Gasteiger partial charge in [0.05, 0.1) is 17.2 Å². The minimum Gasteiger partial charge on any atom is -0.491 e. The van der Waals surface area contributed by atoms with Crippen LogP contribution in [0.25, 0.3) is 55.2 Å². The molecule has 7 aromatic rings. The van der Waals surface area contributed by atoms with E-state index in [9.17, 15) is 5.26 Å². The fourth-order valence-electron chi connectivity index (χ4n) is 5.00. The van der Waals surface area contributed by atoms with Crippen molar-refractivity contribution in [2.75, 3.05) is 0 Å². The van der Waals surface area contributed by atoms with Crippen molar-refractivity contribution < 1.29 is 35.5 Å². The maximum absolute atomic E-state index is 9.27. The van der Waals surface area contributed by atoms with E-state index in [0.717, 1.165) is 39.0 Å². The molecule has 0 amide bonds. The number of rotatable bonds is 3. The van der Waals surface area contributed by atoms with E-state index >= 15 is 0 Å². The summed E-state index contributed by atoms with van der Waals surface area (Å²) in [5, 5.41) is 12.5. The third kappa shape index (κ3) is 6.89. The molecule has 225 valence electrons. The minimum atomic E-state index is -2.65. The van der Waals surface area contributed by atoms with Crippen molar-refractivity contribution in [2.24, 2.45) is 5.41 Å². The van der Waals surface area contributed by atoms with Gasteiger partial charge in [-0.25, -0.2) is 0 Å². The molecule has 3 aromatic heterocycles. The normalized spacial score (nSPS) is 14.6. The second kappa shape index (κ2) is 13.2. The van der Waals surface area contributed by atoms with Crippen molar-refractivity contribution in [3.05, 3.63) is 132 Å². The summed E-state index contributed by atoms with van der Waals surface area (Å²) in [6, 6.07) is 33.8. The van der Waals surface area contributed by atoms with Gasteiger partial charge in [0.2, 0.25) is 0 Å². The Hall–Kier alpha value is -4.62. The van der Waals surface area contributed by atoms with Crippen LogP contribution in [0.1, 0.15) is 54.0 Å². The van der Waals surface area contributed by atoms with E-state index < -0.39 is 25.5 Å². The molecule has 0 atom stereocenters. The van der Waals surface area contributed by atoms with Crippen molar-refractivity contribution in [1.29, 1.82) is 5.26 Å². The summed E-state index contributed by atoms with van der Waals surface area (Å²) in [6.07, 6.45) is 1.32. The molecule has 0 aliphatic carbocycles. The number of fused-ring (bicyclic) bond motifs is 5. The summed E-state index contributed by atoms with van der Waals surface area (Å²) in [4.78, 5) is 8.65. The smallest absolute Gasteiger partial charge is 0.124 e. The monoisotopic (exact) mass is 772 g/mol. The maximum Gasteiger partial charge on any atom is 0.124 e. The van der Waals surface area contributed by atoms with Crippen LogP contribution in [-0.4, -0.2) is 9.97 Å². The predicted octanol–water partition coefficient (Wildman–Crippen LogP) is 10.2. The molecule has 0 saturated carbocycles. The van der Waals surface area contributed by atoms with E-state index in [-0.39, 0.29) is 36.9 Å². The average molecular weight is 772 g/mol. The van der Waals surface area contributed by atoms with Crippen LogP contribution in [0.4, 0.5) is 0 Å². The zero-order valence-electron chi connectivity index (χ0n) is 32.8. The Morgan fingerprint density at radius 3 is 2.40 bits per heavy atom. The molecular weight excluding hydrogens is 731 g/mol. The number of benzene rings is 4. The van der Waals surface area contributed by atoms with E-state index in [1.807, 2.05) is 87.5 Å². The Balaban J connectivity index is 0.000000232. The first-order chi connectivity index (χ1) is 24.4. The van der Waals surface area contributed by atoms with Gasteiger partial charge in [-0.15, -0.1) is 53.4 Å². The van der Waals surface area contributed by atoms with Crippen LogP contribution in [0.2, 0.25) is 0 Å². The number of aryl methyl sites for hydroxylation is 2. The molecule has 0 aliphatic heterocycles. The largest absolute Gasteiger partial charge is 0.491 e. The molecule has 5 heteroatoms. The molecule has 0 spiro atoms. The molecule has 4 nitrogen and oxygen atoms in total. The summed E-state index contributed by atoms with van der Waals surface area (Å²) in [5.41, 5.74) is 3.33. The zero-order chi connectivity index (χ0) is 37.6. The molecule has 0 saturated heterocycles. The number of aromatic nitrogens is 2. The zero-order valence-corrected chi connectivity index (χ0v) is 27.2. The molecule has 4 aromatic carbocycles. The molecule has 0 bridgehead atoms. The minimum absolute atomic E-state index is 0. The Labute approximate surface area is 289 Å². The first-order valence-electron chi connectivity index (χ1n) is 18.1. The van der Waals surface area contributed by atoms with Crippen molar-refractivity contribution in [2.45, 2.75) is 40.8 Å². The van der Waals surface area contributed by atoms with Gasteiger partial charge in [-0.1, -0.05) is 79.7 Å². The van der Waals surface area contributed by atoms with Gasteiger partial charge in [0.25, 0.3) is 0 Å². The van der Waals surface area contributed by atoms with Gasteiger partial charge in [-0.2, -0.15) is 5.26 Å². The number of hydrogen-bond acceptors (Lipinski definition) is 4. The van der Waals surface area contributed by atoms with E-state index in [4.69, 9.17) is 15.4 Å². The predicted molar refractivity (Wildman–Crippen MR) is 179 cm³/mol. The Morgan fingerprint density at radius 2 is 1.69 bits per heavy atom. The van der Waals surface area contributed by atoms with Gasteiger partial charge < -0.3 is 9.40 Å². The van der Waals surface area contributed by atoms with Crippen LogP contribution in [0, 0.1) is 42.6 Å². The first-order valence-corrected chi connectivity index (χ1v) is 14.1. The number of pyridine rings is 2. The van der Waals surface area contributed by atoms with Gasteiger partial charge in [0.1, 0.15) is 5.58 Å². The van der Waals surface area contributed by atoms with E-state index in [0.29, 0.717) is 27.9 Å². The molecule has 3 heterocycles. The van der Waals surface area contributed by atoms with Gasteiger partial charge >= 0.3 is 0 Å². The van der Waals surface area contributed by atoms with Crippen LogP contribution in [0.15, 0.2) is 102 Å². The number of nitrogens with zero attached hydrogens (tertiary/aromatic N) is 3. The fraction of sp³-hybridized carbons (Fsp3) is 0.175. The summed E-state index contributed by atoms with van der Waals surface area (Å²) in [5.74, 6) is 0. The quantitative estimate of drug-likeness (QED) is 0.168. The Kier molecular flexibility index (Phi) is 6.68. The molecule has 0 N–H and O–H groups in total. The van der Waals surface area contributed by atoms with Gasteiger partial charge in [-0.05, 0) is 59.8 Å². The van der Waals surface area contributed by atoms with Crippen molar-refractivity contribution in [1.82, 2.24) is 9.97 Å². The van der Waals surface area contributed by atoms with E-state index in [1.165, 1.54) is 6.07 Å². The summed E-state index contributed by atoms with van der Waals surface area (Å²) < 4.78 is 69.3. The molecule has 0 aliphatic rings. The molecule has 45 heavy (non-hydrogen) atoms. The van der Waals surface area contributed by atoms with Gasteiger partial charge in [0.15, 0.2) is 0 Å². The van der Waals surface area contributed by atoms with Crippen molar-refractivity contribution in [3.63, 3.8) is 0 Å². The third-order valence-electron chi connectivity index (χ3n) is 6.93. The van der Waals surface area contributed by atoms with Crippen LogP contribution in [0.5, 0.6) is 0 Å². The van der Waals surface area contributed by atoms with Crippen LogP contribution in [0.3, 0.4) is 0 Å². The van der Waals surface area contributed by atoms with Crippen LogP contribution < -0.4 is 0 Å². The second-order valence-electron chi connectivity index (χ2n) is 11.4. The standard InChI is InChI=1S/C24H15N2O.C16H18N.Ir/c1-14-9-21(26-13-15(14)2)20-11-17-5-3-4-6-18(17)23-19-8-7-16(12-25)10-22(19)27-24(20)23;1-16(2,3)11-13-9-10-15(17-12-13)14-7-5-4-6-8-14;/h3-10,13H,1-2H3;4-7,9-10,12H,11H2,1-3H3;/q2*-1;/i1D3,2D3;11D2;. The SMILES string of the molecule is [2H]C([2H])([2H])c1cnc(-c2[c-]c3ccccc3c3c2oc2cc(C#N)ccc23)cc1C([2H])([2H])[2H].[2H]C([2H])(c1ccc(-c2[c-]cccc2)nc1)C(C)(C)C.[Ir]. The third-order valence-corrected chi connectivity index (χ3v) is 6.93. The number of nitriles is 1. The van der Waals surface area contributed by atoms with Crippen LogP contribution >= 0.6 is 0 Å². The Morgan fingerprint density at radius 1 is 0.889 bits per heavy atom. The van der Waals surface area contributed by atoms with E-state index in [1.54, 1.807) is 18.3 Å². The molecule has 0 fully saturated rings. The first kappa shape index (κ1) is 22.8. The average Bonchev–Trinajstić information content (AvgIpc) is 3.49. The van der Waals surface area contributed by atoms with E-state index in [2.05, 4.69) is 28.2 Å². The number of hydrogen-bond donors (Lipinski definition) is 0. The fourth-order valence-corrected chi connectivity index (χ4v) is 5.00. The van der Waals surface area contributed by atoms with Gasteiger partial charge in [-0.3, -0.25) is 4.98 Å². The summed E-state index contributed by atoms with van der Waals surface area (Å²) >= 11 is 0. The molecule has 7 rings (SSSR count).